The lowest BCUT2D eigenvalue weighted by Crippen LogP contribution is -2.37. The molecule has 2 rings (SSSR count). The monoisotopic (exact) mass is 321 g/mol. The fraction of sp³-hybridized carbons (Fsp3) is 0.250. The molecule has 6 heteroatoms. The molecule has 22 heavy (non-hydrogen) atoms. The van der Waals surface area contributed by atoms with Gasteiger partial charge in [-0.05, 0) is 17.7 Å². The summed E-state index contributed by atoms with van der Waals surface area (Å²) in [7, 11) is -4.18. The second-order valence-corrected chi connectivity index (χ2v) is 6.57. The molecule has 0 aliphatic rings. The second kappa shape index (κ2) is 7.93. The highest BCUT2D eigenvalue weighted by atomic mass is 32.2. The van der Waals surface area contributed by atoms with E-state index in [4.69, 9.17) is 4.74 Å². The van der Waals surface area contributed by atoms with Crippen molar-refractivity contribution in [1.29, 1.82) is 0 Å². The molecule has 0 aliphatic carbocycles. The number of rotatable bonds is 8. The highest BCUT2D eigenvalue weighted by molar-refractivity contribution is 7.86. The molecule has 0 amide bonds. The van der Waals surface area contributed by atoms with E-state index in [-0.39, 0.29) is 13.2 Å². The van der Waals surface area contributed by atoms with Gasteiger partial charge in [-0.25, -0.2) is 0 Å². The van der Waals surface area contributed by atoms with E-state index in [9.17, 15) is 13.0 Å². The van der Waals surface area contributed by atoms with Crippen molar-refractivity contribution in [1.82, 2.24) is 5.32 Å². The number of hydrogen-bond acceptors (Lipinski definition) is 4. The maximum absolute atomic E-state index is 11.4. The Labute approximate surface area is 130 Å². The van der Waals surface area contributed by atoms with E-state index < -0.39 is 15.4 Å². The number of hydrogen-bond donors (Lipinski definition) is 2. The second-order valence-electron chi connectivity index (χ2n) is 4.88. The Hall–Kier alpha value is -1.89. The van der Waals surface area contributed by atoms with Crippen LogP contribution in [0.25, 0.3) is 0 Å². The van der Waals surface area contributed by atoms with Gasteiger partial charge >= 0.3 is 0 Å². The average molecular weight is 321 g/mol. The Morgan fingerprint density at radius 1 is 1.00 bits per heavy atom. The van der Waals surface area contributed by atoms with Crippen molar-refractivity contribution < 1.29 is 17.7 Å². The van der Waals surface area contributed by atoms with Gasteiger partial charge in [-0.1, -0.05) is 48.5 Å². The van der Waals surface area contributed by atoms with Gasteiger partial charge in [0.25, 0.3) is 10.1 Å². The van der Waals surface area contributed by atoms with Gasteiger partial charge in [-0.2, -0.15) is 8.42 Å². The molecule has 0 spiro atoms. The molecule has 0 fully saturated rings. The van der Waals surface area contributed by atoms with Crippen molar-refractivity contribution in [3.05, 3.63) is 66.2 Å². The third-order valence-corrected chi connectivity index (χ3v) is 4.29. The standard InChI is InChI=1S/C16H19NO4S/c18-22(19,20)16(13-21-15-9-5-2-6-10-15)12-17-11-14-7-3-1-4-8-14/h1-10,16-17H,11-13H2,(H,18,19,20). The SMILES string of the molecule is O=S(=O)(O)C(CNCc1ccccc1)COc1ccccc1. The molecule has 2 aromatic carbocycles. The third kappa shape index (κ3) is 5.48. The minimum absolute atomic E-state index is 0.107. The summed E-state index contributed by atoms with van der Waals surface area (Å²) in [6.07, 6.45) is 0. The van der Waals surface area contributed by atoms with E-state index in [2.05, 4.69) is 5.32 Å². The normalized spacial score (nSPS) is 12.8. The van der Waals surface area contributed by atoms with Crippen molar-refractivity contribution in [3.63, 3.8) is 0 Å². The predicted octanol–water partition coefficient (Wildman–Crippen LogP) is 2.11. The van der Waals surface area contributed by atoms with Gasteiger partial charge in [0.05, 0.1) is 0 Å². The zero-order chi connectivity index (χ0) is 15.8. The lowest BCUT2D eigenvalue weighted by Gasteiger charge is -2.16. The highest BCUT2D eigenvalue weighted by Gasteiger charge is 2.23. The van der Waals surface area contributed by atoms with Crippen LogP contribution < -0.4 is 10.1 Å². The first kappa shape index (κ1) is 16.5. The van der Waals surface area contributed by atoms with Crippen LogP contribution >= 0.6 is 0 Å². The maximum atomic E-state index is 11.4. The molecule has 0 saturated heterocycles. The fourth-order valence-electron chi connectivity index (χ4n) is 1.93. The van der Waals surface area contributed by atoms with Gasteiger partial charge in [0.1, 0.15) is 17.6 Å². The Morgan fingerprint density at radius 3 is 2.18 bits per heavy atom. The van der Waals surface area contributed by atoms with Gasteiger partial charge in [-0.15, -0.1) is 0 Å². The van der Waals surface area contributed by atoms with Crippen LogP contribution in [0.5, 0.6) is 5.75 Å². The van der Waals surface area contributed by atoms with Crippen LogP contribution in [0.4, 0.5) is 0 Å². The Bertz CT molecular complexity index is 659. The predicted molar refractivity (Wildman–Crippen MR) is 85.4 cm³/mol. The first-order chi connectivity index (χ1) is 10.6. The molecular weight excluding hydrogens is 302 g/mol. The van der Waals surface area contributed by atoms with Crippen LogP contribution in [0.3, 0.4) is 0 Å². The first-order valence-electron chi connectivity index (χ1n) is 6.94. The minimum atomic E-state index is -4.18. The van der Waals surface area contributed by atoms with E-state index in [1.807, 2.05) is 36.4 Å². The minimum Gasteiger partial charge on any atom is -0.492 e. The van der Waals surface area contributed by atoms with Crippen LogP contribution in [0.1, 0.15) is 5.56 Å². The summed E-state index contributed by atoms with van der Waals surface area (Å²) >= 11 is 0. The summed E-state index contributed by atoms with van der Waals surface area (Å²) in [5.41, 5.74) is 1.04. The van der Waals surface area contributed by atoms with E-state index >= 15 is 0 Å². The molecule has 118 valence electrons. The van der Waals surface area contributed by atoms with Crippen LogP contribution in [0.15, 0.2) is 60.7 Å². The third-order valence-electron chi connectivity index (χ3n) is 3.14. The quantitative estimate of drug-likeness (QED) is 0.728. The van der Waals surface area contributed by atoms with Crippen molar-refractivity contribution in [2.75, 3.05) is 13.2 Å². The van der Waals surface area contributed by atoms with E-state index in [0.717, 1.165) is 5.56 Å². The van der Waals surface area contributed by atoms with Crippen molar-refractivity contribution >= 4 is 10.1 Å². The first-order valence-corrected chi connectivity index (χ1v) is 8.45. The molecule has 0 aliphatic heterocycles. The molecule has 5 nitrogen and oxygen atoms in total. The summed E-state index contributed by atoms with van der Waals surface area (Å²) in [6.45, 7) is 0.531. The van der Waals surface area contributed by atoms with Gasteiger partial charge in [-0.3, -0.25) is 4.55 Å². The van der Waals surface area contributed by atoms with Gasteiger partial charge in [0, 0.05) is 13.1 Å². The van der Waals surface area contributed by atoms with E-state index in [1.165, 1.54) is 0 Å². The number of nitrogens with one attached hydrogen (secondary N) is 1. The molecule has 1 atom stereocenters. The van der Waals surface area contributed by atoms with Gasteiger partial charge in [0.2, 0.25) is 0 Å². The topological polar surface area (TPSA) is 75.6 Å². The summed E-state index contributed by atoms with van der Waals surface area (Å²) in [5.74, 6) is 0.569. The summed E-state index contributed by atoms with van der Waals surface area (Å²) in [5, 5.41) is 2.01. The van der Waals surface area contributed by atoms with E-state index in [1.54, 1.807) is 24.3 Å². The average Bonchev–Trinajstić information content (AvgIpc) is 2.51. The van der Waals surface area contributed by atoms with Crippen molar-refractivity contribution in [2.45, 2.75) is 11.8 Å². The van der Waals surface area contributed by atoms with Crippen molar-refractivity contribution in [3.8, 4) is 5.75 Å². The molecule has 0 bridgehead atoms. The zero-order valence-corrected chi connectivity index (χ0v) is 12.9. The number of benzene rings is 2. The zero-order valence-electron chi connectivity index (χ0n) is 12.1. The molecule has 0 radical (unpaired) electrons. The molecule has 0 heterocycles. The number of ether oxygens (including phenoxy) is 1. The molecule has 0 saturated carbocycles. The van der Waals surface area contributed by atoms with Crippen LogP contribution in [-0.4, -0.2) is 31.4 Å². The number of para-hydroxylation sites is 1. The van der Waals surface area contributed by atoms with Crippen molar-refractivity contribution in [2.24, 2.45) is 0 Å². The Balaban J connectivity index is 1.87. The van der Waals surface area contributed by atoms with Crippen LogP contribution in [0.2, 0.25) is 0 Å². The summed E-state index contributed by atoms with van der Waals surface area (Å²) in [4.78, 5) is 0. The Kier molecular flexibility index (Phi) is 5.94. The largest absolute Gasteiger partial charge is 0.492 e. The maximum Gasteiger partial charge on any atom is 0.272 e. The smallest absolute Gasteiger partial charge is 0.272 e. The van der Waals surface area contributed by atoms with Gasteiger partial charge < -0.3 is 10.1 Å². The molecule has 0 aromatic heterocycles. The van der Waals surface area contributed by atoms with Crippen LogP contribution in [-0.2, 0) is 16.7 Å². The lowest BCUT2D eigenvalue weighted by atomic mass is 10.2. The van der Waals surface area contributed by atoms with Gasteiger partial charge in [0.15, 0.2) is 0 Å². The molecule has 2 aromatic rings. The Morgan fingerprint density at radius 2 is 1.59 bits per heavy atom. The fourth-order valence-corrected chi connectivity index (χ4v) is 2.50. The van der Waals surface area contributed by atoms with E-state index in [0.29, 0.717) is 12.3 Å². The summed E-state index contributed by atoms with van der Waals surface area (Å²) in [6, 6.07) is 18.5. The molecular formula is C16H19NO4S. The molecule has 1 unspecified atom stereocenters. The summed E-state index contributed by atoms with van der Waals surface area (Å²) < 4.78 is 37.6. The highest BCUT2D eigenvalue weighted by Crippen LogP contribution is 2.10. The molecule has 2 N–H and O–H groups in total. The lowest BCUT2D eigenvalue weighted by molar-refractivity contribution is 0.301. The van der Waals surface area contributed by atoms with Crippen LogP contribution in [0, 0.1) is 0 Å².